The van der Waals surface area contributed by atoms with Crippen LogP contribution in [-0.4, -0.2) is 59.5 Å². The quantitative estimate of drug-likeness (QED) is 0.459. The third-order valence-corrected chi connectivity index (χ3v) is 2.75. The molecule has 0 heterocycles. The molecule has 156 valence electrons. The van der Waals surface area contributed by atoms with Crippen molar-refractivity contribution in [2.75, 3.05) is 13.1 Å². The Morgan fingerprint density at radius 1 is 0.852 bits per heavy atom. The predicted octanol–water partition coefficient (Wildman–Crippen LogP) is 1.39. The van der Waals surface area contributed by atoms with E-state index < -0.39 is 41.3 Å². The van der Waals surface area contributed by atoms with E-state index in [-0.39, 0.29) is 25.9 Å². The fourth-order valence-electron chi connectivity index (χ4n) is 1.77. The molecular formula is C17H31N3O7. The van der Waals surface area contributed by atoms with Crippen molar-refractivity contribution in [3.63, 3.8) is 0 Å². The van der Waals surface area contributed by atoms with Crippen LogP contribution in [0, 0.1) is 0 Å². The van der Waals surface area contributed by atoms with E-state index in [1.807, 2.05) is 0 Å². The van der Waals surface area contributed by atoms with Gasteiger partial charge in [-0.1, -0.05) is 0 Å². The Hall–Kier alpha value is -2.52. The third kappa shape index (κ3) is 14.3. The minimum atomic E-state index is -1.09. The lowest BCUT2D eigenvalue weighted by Crippen LogP contribution is -2.49. The van der Waals surface area contributed by atoms with E-state index in [4.69, 9.17) is 14.6 Å². The van der Waals surface area contributed by atoms with Gasteiger partial charge < -0.3 is 30.5 Å². The largest absolute Gasteiger partial charge is 0.481 e. The van der Waals surface area contributed by atoms with Crippen molar-refractivity contribution >= 4 is 24.1 Å². The van der Waals surface area contributed by atoms with Crippen molar-refractivity contribution in [1.82, 2.24) is 16.0 Å². The summed E-state index contributed by atoms with van der Waals surface area (Å²) in [6.07, 6.45) is -1.84. The van der Waals surface area contributed by atoms with Crippen molar-refractivity contribution in [2.24, 2.45) is 0 Å². The highest BCUT2D eigenvalue weighted by Crippen LogP contribution is 2.08. The van der Waals surface area contributed by atoms with Gasteiger partial charge in [0.05, 0.1) is 0 Å². The summed E-state index contributed by atoms with van der Waals surface area (Å²) in [6, 6.07) is -1.07. The van der Waals surface area contributed by atoms with Gasteiger partial charge in [0.15, 0.2) is 0 Å². The molecule has 0 aliphatic carbocycles. The number of hydrogen-bond acceptors (Lipinski definition) is 6. The zero-order chi connectivity index (χ0) is 21.3. The zero-order valence-corrected chi connectivity index (χ0v) is 16.8. The maximum Gasteiger partial charge on any atom is 0.408 e. The first-order valence-electron chi connectivity index (χ1n) is 8.65. The average molecular weight is 389 g/mol. The highest BCUT2D eigenvalue weighted by atomic mass is 16.6. The lowest BCUT2D eigenvalue weighted by molar-refractivity contribution is -0.137. The number of nitrogens with one attached hydrogen (secondary N) is 3. The van der Waals surface area contributed by atoms with E-state index in [1.54, 1.807) is 41.5 Å². The highest BCUT2D eigenvalue weighted by Gasteiger charge is 2.25. The average Bonchev–Trinajstić information content (AvgIpc) is 2.43. The Labute approximate surface area is 159 Å². The van der Waals surface area contributed by atoms with Crippen LogP contribution in [0.2, 0.25) is 0 Å². The number of carboxylic acids is 1. The van der Waals surface area contributed by atoms with Gasteiger partial charge in [-0.3, -0.25) is 9.59 Å². The number of ether oxygens (including phenoxy) is 2. The predicted molar refractivity (Wildman–Crippen MR) is 97.3 cm³/mol. The number of carbonyl (C=O) groups is 4. The summed E-state index contributed by atoms with van der Waals surface area (Å²) in [4.78, 5) is 46.3. The summed E-state index contributed by atoms with van der Waals surface area (Å²) < 4.78 is 10.1. The molecule has 0 aromatic heterocycles. The second-order valence-corrected chi connectivity index (χ2v) is 7.85. The van der Waals surface area contributed by atoms with Crippen LogP contribution >= 0.6 is 0 Å². The molecule has 0 unspecified atom stereocenters. The topological polar surface area (TPSA) is 143 Å². The first-order chi connectivity index (χ1) is 12.2. The van der Waals surface area contributed by atoms with Crippen LogP contribution in [-0.2, 0) is 19.1 Å². The lowest BCUT2D eigenvalue weighted by Gasteiger charge is -2.23. The lowest BCUT2D eigenvalue weighted by atomic mass is 10.1. The smallest absolute Gasteiger partial charge is 0.408 e. The van der Waals surface area contributed by atoms with Crippen molar-refractivity contribution in [3.05, 3.63) is 0 Å². The second-order valence-electron chi connectivity index (χ2n) is 7.85. The Morgan fingerprint density at radius 2 is 1.33 bits per heavy atom. The van der Waals surface area contributed by atoms with Crippen LogP contribution in [0.15, 0.2) is 0 Å². The van der Waals surface area contributed by atoms with Gasteiger partial charge in [-0.2, -0.15) is 0 Å². The van der Waals surface area contributed by atoms with E-state index >= 15 is 0 Å². The van der Waals surface area contributed by atoms with E-state index in [2.05, 4.69) is 16.0 Å². The van der Waals surface area contributed by atoms with Gasteiger partial charge in [-0.05, 0) is 48.0 Å². The van der Waals surface area contributed by atoms with E-state index in [1.165, 1.54) is 0 Å². The van der Waals surface area contributed by atoms with Crippen LogP contribution in [0.4, 0.5) is 9.59 Å². The summed E-state index contributed by atoms with van der Waals surface area (Å²) in [7, 11) is 0. The van der Waals surface area contributed by atoms with Crippen molar-refractivity contribution in [3.8, 4) is 0 Å². The molecule has 0 saturated heterocycles. The van der Waals surface area contributed by atoms with Crippen LogP contribution < -0.4 is 16.0 Å². The molecule has 10 heteroatoms. The minimum Gasteiger partial charge on any atom is -0.481 e. The number of rotatable bonds is 8. The Kier molecular flexibility index (Phi) is 9.60. The summed E-state index contributed by atoms with van der Waals surface area (Å²) in [6.45, 7) is 10.4. The normalized spacial score (nSPS) is 12.5. The van der Waals surface area contributed by atoms with Crippen LogP contribution in [0.5, 0.6) is 0 Å². The summed E-state index contributed by atoms with van der Waals surface area (Å²) >= 11 is 0. The minimum absolute atomic E-state index is 0.0810. The Bertz CT molecular complexity index is 536. The van der Waals surface area contributed by atoms with Gasteiger partial charge in [0.2, 0.25) is 5.91 Å². The van der Waals surface area contributed by atoms with Gasteiger partial charge in [0, 0.05) is 19.5 Å². The molecule has 10 nitrogen and oxygen atoms in total. The monoisotopic (exact) mass is 389 g/mol. The molecule has 4 N–H and O–H groups in total. The molecule has 3 amide bonds. The Balaban J connectivity index is 4.51. The molecule has 27 heavy (non-hydrogen) atoms. The zero-order valence-electron chi connectivity index (χ0n) is 16.8. The number of carbonyl (C=O) groups excluding carboxylic acids is 3. The molecule has 0 saturated carbocycles. The molecule has 0 spiro atoms. The van der Waals surface area contributed by atoms with E-state index in [0.717, 1.165) is 0 Å². The maximum absolute atomic E-state index is 12.2. The fourth-order valence-corrected chi connectivity index (χ4v) is 1.77. The molecule has 0 radical (unpaired) electrons. The molecular weight excluding hydrogens is 358 g/mol. The molecule has 0 aliphatic rings. The summed E-state index contributed by atoms with van der Waals surface area (Å²) in [5, 5.41) is 16.2. The molecule has 0 aromatic rings. The molecule has 0 rings (SSSR count). The standard InChI is InChI=1S/C17H31N3O7/c1-16(2,3)26-14(24)19-10-9-18-13(23)11(7-8-12(21)22)20-15(25)27-17(4,5)6/h11H,7-10H2,1-6H3,(H,18,23)(H,19,24)(H,20,25)(H,21,22)/t11-/m1/s1. The van der Waals surface area contributed by atoms with Gasteiger partial charge in [0.1, 0.15) is 17.2 Å². The first-order valence-corrected chi connectivity index (χ1v) is 8.65. The number of aliphatic carboxylic acids is 1. The molecule has 0 fully saturated rings. The number of alkyl carbamates (subject to hydrolysis) is 2. The van der Waals surface area contributed by atoms with Crippen molar-refractivity contribution in [1.29, 1.82) is 0 Å². The van der Waals surface area contributed by atoms with E-state index in [9.17, 15) is 19.2 Å². The number of carboxylic acid groups (broad SMARTS) is 1. The van der Waals surface area contributed by atoms with Crippen LogP contribution in [0.1, 0.15) is 54.4 Å². The van der Waals surface area contributed by atoms with Crippen LogP contribution in [0.25, 0.3) is 0 Å². The fraction of sp³-hybridized carbons (Fsp3) is 0.765. The second kappa shape index (κ2) is 10.6. The summed E-state index contributed by atoms with van der Waals surface area (Å²) in [5.74, 6) is -1.67. The van der Waals surface area contributed by atoms with Gasteiger partial charge in [-0.15, -0.1) is 0 Å². The van der Waals surface area contributed by atoms with Gasteiger partial charge in [0.25, 0.3) is 0 Å². The summed E-state index contributed by atoms with van der Waals surface area (Å²) in [5.41, 5.74) is -1.39. The van der Waals surface area contributed by atoms with Gasteiger partial charge in [-0.25, -0.2) is 9.59 Å². The molecule has 0 aliphatic heterocycles. The highest BCUT2D eigenvalue weighted by molar-refractivity contribution is 5.86. The number of hydrogen-bond donors (Lipinski definition) is 4. The molecule has 0 aromatic carbocycles. The Morgan fingerprint density at radius 3 is 1.81 bits per heavy atom. The molecule has 0 bridgehead atoms. The van der Waals surface area contributed by atoms with Crippen molar-refractivity contribution in [2.45, 2.75) is 71.6 Å². The number of amides is 3. The third-order valence-electron chi connectivity index (χ3n) is 2.75. The SMILES string of the molecule is CC(C)(C)OC(=O)NCCNC(=O)[C@@H](CCC(=O)O)NC(=O)OC(C)(C)C. The van der Waals surface area contributed by atoms with E-state index in [0.29, 0.717) is 0 Å². The van der Waals surface area contributed by atoms with Gasteiger partial charge >= 0.3 is 18.2 Å². The maximum atomic E-state index is 12.2. The van der Waals surface area contributed by atoms with Crippen molar-refractivity contribution < 1.29 is 33.8 Å². The first kappa shape index (κ1) is 24.5. The molecule has 1 atom stereocenters. The van der Waals surface area contributed by atoms with Crippen LogP contribution in [0.3, 0.4) is 0 Å².